The van der Waals surface area contributed by atoms with E-state index in [2.05, 4.69) is 141 Å². The average molecular weight is 1280 g/mol. The Bertz CT molecular complexity index is 2170. The van der Waals surface area contributed by atoms with Crippen molar-refractivity contribution < 1.29 is 89.4 Å². The average Bonchev–Trinajstić information content (AvgIpc) is 1.05. The molecule has 19 heteroatoms. The SMILES string of the molecule is CC/C=C\C/C=C\C/C=C\C/C=C\C/C=C\C/C=C\C/C=C\C/C=C\C/C=C\C/C=C\CCCCCCC(=O)NC(COC1OC(CO)C(OC2OC(CO)C(OC3OC(CO)C(O)C(O)C3O)C(O)C2O)C(O)C1O)C(O)/C=C/CCCCCCCCCCC. The fourth-order valence-electron chi connectivity index (χ4n) is 10.5. The lowest BCUT2D eigenvalue weighted by Gasteiger charge is -2.48. The highest BCUT2D eigenvalue weighted by atomic mass is 16.8. The normalized spacial score (nSPS) is 28.7. The Morgan fingerprint density at radius 3 is 1.19 bits per heavy atom. The minimum atomic E-state index is -1.99. The highest BCUT2D eigenvalue weighted by Gasteiger charge is 2.53. The van der Waals surface area contributed by atoms with Crippen molar-refractivity contribution in [3.8, 4) is 0 Å². The van der Waals surface area contributed by atoms with Gasteiger partial charge in [0, 0.05) is 6.42 Å². The largest absolute Gasteiger partial charge is 0.394 e. The third-order valence-corrected chi connectivity index (χ3v) is 16.0. The van der Waals surface area contributed by atoms with Crippen molar-refractivity contribution in [1.82, 2.24) is 5.32 Å². The van der Waals surface area contributed by atoms with Gasteiger partial charge in [0.25, 0.3) is 0 Å². The van der Waals surface area contributed by atoms with Gasteiger partial charge in [-0.2, -0.15) is 0 Å². The van der Waals surface area contributed by atoms with Gasteiger partial charge < -0.3 is 89.9 Å². The second-order valence-corrected chi connectivity index (χ2v) is 23.6. The molecule has 3 rings (SSSR count). The lowest BCUT2D eigenvalue weighted by molar-refractivity contribution is -0.379. The number of hydrogen-bond acceptors (Lipinski definition) is 18. The first-order valence-corrected chi connectivity index (χ1v) is 33.9. The van der Waals surface area contributed by atoms with Crippen molar-refractivity contribution in [2.45, 2.75) is 285 Å². The number of carbonyl (C=O) groups is 1. The van der Waals surface area contributed by atoms with Crippen LogP contribution in [-0.4, -0.2) is 193 Å². The molecular formula is C72H117NO18. The van der Waals surface area contributed by atoms with Crippen molar-refractivity contribution in [2.75, 3.05) is 26.4 Å². The molecule has 0 aromatic heterocycles. The van der Waals surface area contributed by atoms with E-state index in [1.807, 2.05) is 6.08 Å². The van der Waals surface area contributed by atoms with Gasteiger partial charge in [-0.05, 0) is 96.3 Å². The monoisotopic (exact) mass is 1280 g/mol. The van der Waals surface area contributed by atoms with Crippen LogP contribution in [0.2, 0.25) is 0 Å². The summed E-state index contributed by atoms with van der Waals surface area (Å²) in [6.07, 6.45) is 45.8. The molecule has 3 fully saturated rings. The number of aliphatic hydroxyl groups is 11. The van der Waals surface area contributed by atoms with E-state index in [0.717, 1.165) is 116 Å². The van der Waals surface area contributed by atoms with Crippen molar-refractivity contribution in [3.63, 3.8) is 0 Å². The minimum Gasteiger partial charge on any atom is -0.394 e. The second-order valence-electron chi connectivity index (χ2n) is 23.6. The summed E-state index contributed by atoms with van der Waals surface area (Å²) in [6.45, 7) is 1.54. The molecule has 17 unspecified atom stereocenters. The van der Waals surface area contributed by atoms with Crippen molar-refractivity contribution in [2.24, 2.45) is 0 Å². The lowest BCUT2D eigenvalue weighted by Crippen LogP contribution is -2.66. The molecule has 12 N–H and O–H groups in total. The number of ether oxygens (including phenoxy) is 6. The molecule has 518 valence electrons. The van der Waals surface area contributed by atoms with Gasteiger partial charge in [-0.1, -0.05) is 212 Å². The van der Waals surface area contributed by atoms with Gasteiger partial charge in [-0.25, -0.2) is 0 Å². The Morgan fingerprint density at radius 1 is 0.407 bits per heavy atom. The van der Waals surface area contributed by atoms with Gasteiger partial charge in [-0.15, -0.1) is 0 Å². The number of allylic oxidation sites excluding steroid dienone is 21. The van der Waals surface area contributed by atoms with E-state index in [0.29, 0.717) is 6.42 Å². The molecule has 0 spiro atoms. The highest BCUT2D eigenvalue weighted by molar-refractivity contribution is 5.76. The zero-order valence-corrected chi connectivity index (χ0v) is 54.5. The zero-order valence-electron chi connectivity index (χ0n) is 54.5. The van der Waals surface area contributed by atoms with E-state index in [9.17, 15) is 61.0 Å². The molecule has 0 bridgehead atoms. The maximum absolute atomic E-state index is 13.3. The van der Waals surface area contributed by atoms with Crippen LogP contribution in [0.1, 0.15) is 181 Å². The second kappa shape index (κ2) is 52.2. The fourth-order valence-corrected chi connectivity index (χ4v) is 10.5. The third kappa shape index (κ3) is 34.3. The van der Waals surface area contributed by atoms with Crippen LogP contribution in [0, 0.1) is 0 Å². The van der Waals surface area contributed by atoms with Gasteiger partial charge in [0.1, 0.15) is 73.2 Å². The van der Waals surface area contributed by atoms with Crippen molar-refractivity contribution in [3.05, 3.63) is 134 Å². The minimum absolute atomic E-state index is 0.204. The number of nitrogens with one attached hydrogen (secondary N) is 1. The summed E-state index contributed by atoms with van der Waals surface area (Å²) in [7, 11) is 0. The van der Waals surface area contributed by atoms with Crippen LogP contribution in [0.4, 0.5) is 0 Å². The molecule has 3 aliphatic heterocycles. The number of amides is 1. The number of rotatable bonds is 49. The Hall–Kier alpha value is -4.07. The maximum Gasteiger partial charge on any atom is 0.220 e. The molecule has 0 aromatic carbocycles. The van der Waals surface area contributed by atoms with Crippen molar-refractivity contribution >= 4 is 5.91 Å². The smallest absolute Gasteiger partial charge is 0.220 e. The summed E-state index contributed by atoms with van der Waals surface area (Å²) in [5, 5.41) is 120. The lowest BCUT2D eigenvalue weighted by atomic mass is 9.96. The summed E-state index contributed by atoms with van der Waals surface area (Å²) in [5.74, 6) is -0.308. The van der Waals surface area contributed by atoms with E-state index in [-0.39, 0.29) is 18.9 Å². The topological polar surface area (TPSA) is 307 Å². The first-order chi connectivity index (χ1) is 44.3. The number of aliphatic hydroxyl groups excluding tert-OH is 11. The molecule has 0 radical (unpaired) electrons. The fraction of sp³-hybridized carbons (Fsp3) is 0.681. The van der Waals surface area contributed by atoms with Crippen LogP contribution in [0.5, 0.6) is 0 Å². The molecule has 3 saturated heterocycles. The Labute approximate surface area is 543 Å². The third-order valence-electron chi connectivity index (χ3n) is 16.0. The first-order valence-electron chi connectivity index (χ1n) is 33.9. The van der Waals surface area contributed by atoms with Crippen LogP contribution in [0.25, 0.3) is 0 Å². The number of carbonyl (C=O) groups excluding carboxylic acids is 1. The van der Waals surface area contributed by atoms with Crippen LogP contribution in [0.3, 0.4) is 0 Å². The molecule has 3 heterocycles. The molecular weight excluding hydrogens is 1170 g/mol. The molecule has 0 saturated carbocycles. The molecule has 1 amide bonds. The Balaban J connectivity index is 1.39. The van der Waals surface area contributed by atoms with E-state index in [4.69, 9.17) is 28.4 Å². The summed E-state index contributed by atoms with van der Waals surface area (Å²) in [4.78, 5) is 13.3. The summed E-state index contributed by atoms with van der Waals surface area (Å²) in [5.41, 5.74) is 0. The van der Waals surface area contributed by atoms with E-state index < -0.39 is 124 Å². The van der Waals surface area contributed by atoms with E-state index in [1.165, 1.54) is 38.5 Å². The quantitative estimate of drug-likeness (QED) is 0.0200. The number of hydrogen-bond donors (Lipinski definition) is 12. The molecule has 91 heavy (non-hydrogen) atoms. The van der Waals surface area contributed by atoms with Crippen LogP contribution in [0.15, 0.2) is 134 Å². The van der Waals surface area contributed by atoms with E-state index in [1.54, 1.807) is 6.08 Å². The summed E-state index contributed by atoms with van der Waals surface area (Å²) >= 11 is 0. The maximum atomic E-state index is 13.3. The predicted molar refractivity (Wildman–Crippen MR) is 355 cm³/mol. The molecule has 0 aromatic rings. The highest BCUT2D eigenvalue weighted by Crippen LogP contribution is 2.33. The Morgan fingerprint density at radius 2 is 0.758 bits per heavy atom. The van der Waals surface area contributed by atoms with Gasteiger partial charge >= 0.3 is 0 Å². The predicted octanol–water partition coefficient (Wildman–Crippen LogP) is 8.60. The van der Waals surface area contributed by atoms with Gasteiger partial charge in [0.05, 0.1) is 38.6 Å². The Kier molecular flexibility index (Phi) is 46.6. The first kappa shape index (κ1) is 81.2. The zero-order chi connectivity index (χ0) is 66.1. The summed E-state index contributed by atoms with van der Waals surface area (Å²) < 4.78 is 34.2. The van der Waals surface area contributed by atoms with E-state index >= 15 is 0 Å². The molecule has 3 aliphatic rings. The molecule has 19 nitrogen and oxygen atoms in total. The van der Waals surface area contributed by atoms with Crippen molar-refractivity contribution in [1.29, 1.82) is 0 Å². The number of unbranched alkanes of at least 4 members (excludes halogenated alkanes) is 13. The molecule has 17 atom stereocenters. The summed E-state index contributed by atoms with van der Waals surface area (Å²) in [6, 6.07) is -0.996. The van der Waals surface area contributed by atoms with Crippen LogP contribution >= 0.6 is 0 Å². The van der Waals surface area contributed by atoms with Crippen LogP contribution in [-0.2, 0) is 33.2 Å². The van der Waals surface area contributed by atoms with Gasteiger partial charge in [0.2, 0.25) is 5.91 Å². The van der Waals surface area contributed by atoms with Crippen LogP contribution < -0.4 is 5.32 Å². The van der Waals surface area contributed by atoms with Gasteiger partial charge in [0.15, 0.2) is 18.9 Å². The standard InChI is InChI=1S/C72H117NO18/c1-3-5-7-9-11-13-15-16-17-18-19-20-21-22-23-24-25-26-27-28-29-30-31-32-33-34-35-36-37-38-40-42-44-46-48-50-60(78)73-55(56(77)49-47-45-43-41-39-14-12-10-8-6-4-2)54-86-70-66(84)63(81)68(58(52-75)88-70)91-72-67(85)64(82)69(59(53-76)89-72)90-71-65(83)62(80)61(79)57(51-74)87-71/h5,7,11,13,16-17,19-20,22-23,25-26,28-29,31-32,34-35,37-38,47,49,55-59,61-72,74-77,79-85H,3-4,6,8-10,12,14-15,18,21,24,27,30,33,36,39-46,48,50-54H2,1-2H3,(H,73,78)/b7-5-,13-11-,17-16-,20-19-,23-22-,26-25-,29-28-,32-31-,35-34-,38-37-,49-47+. The van der Waals surface area contributed by atoms with Gasteiger partial charge in [-0.3, -0.25) is 4.79 Å². The molecule has 0 aliphatic carbocycles.